The number of anilines is 1. The number of nitrogen functional groups attached to an aromatic ring is 1. The van der Waals surface area contributed by atoms with Crippen LogP contribution < -0.4 is 5.73 Å². The molecule has 0 spiro atoms. The van der Waals surface area contributed by atoms with Gasteiger partial charge in [-0.05, 0) is 29.3 Å². The Labute approximate surface area is 210 Å². The summed E-state index contributed by atoms with van der Waals surface area (Å²) in [6, 6.07) is 4.77. The van der Waals surface area contributed by atoms with Crippen LogP contribution in [-0.4, -0.2) is 87.4 Å². The van der Waals surface area contributed by atoms with E-state index in [1.807, 2.05) is 0 Å². The van der Waals surface area contributed by atoms with Crippen LogP contribution in [-0.2, 0) is 25.5 Å². The van der Waals surface area contributed by atoms with Crippen LogP contribution in [0.3, 0.4) is 0 Å². The van der Waals surface area contributed by atoms with Gasteiger partial charge in [0.15, 0.2) is 29.5 Å². The van der Waals surface area contributed by atoms with E-state index in [-0.39, 0.29) is 33.4 Å². The molecule has 37 heavy (non-hydrogen) atoms. The van der Waals surface area contributed by atoms with Gasteiger partial charge in [0.1, 0.15) is 17.7 Å². The summed E-state index contributed by atoms with van der Waals surface area (Å²) in [5.74, 6) is -5.13. The van der Waals surface area contributed by atoms with Gasteiger partial charge in [0.25, 0.3) is 5.60 Å². The van der Waals surface area contributed by atoms with E-state index in [1.54, 1.807) is 0 Å². The predicted octanol–water partition coefficient (Wildman–Crippen LogP) is 0.276. The average Bonchev–Trinajstić information content (AvgIpc) is 3.07. The summed E-state index contributed by atoms with van der Waals surface area (Å²) in [4.78, 5) is 46.9. The highest BCUT2D eigenvalue weighted by atomic mass is 35.5. The first-order chi connectivity index (χ1) is 17.4. The number of fused-ring (bicyclic) bond motifs is 2. The molecule has 6 N–H and O–H groups in total. The van der Waals surface area contributed by atoms with Crippen molar-refractivity contribution in [3.63, 3.8) is 0 Å². The number of aromatic carboxylic acids is 1. The maximum absolute atomic E-state index is 15.5. The number of halogens is 2. The number of carbonyl (C=O) groups is 3. The van der Waals surface area contributed by atoms with Gasteiger partial charge in [0.2, 0.25) is 5.28 Å². The largest absolute Gasteiger partial charge is 0.479 e. The fraction of sp³-hybridized carbons (Fsp3) is 0.333. The molecule has 2 aliphatic rings. The van der Waals surface area contributed by atoms with Crippen LogP contribution in [0, 0.1) is 0 Å². The smallest absolute Gasteiger partial charge is 0.348 e. The van der Waals surface area contributed by atoms with Gasteiger partial charge in [-0.1, -0.05) is 12.1 Å². The molecule has 0 unspecified atom stereocenters. The van der Waals surface area contributed by atoms with Gasteiger partial charge < -0.3 is 35.6 Å². The quantitative estimate of drug-likeness (QED) is 0.192. The molecule has 194 valence electrons. The van der Waals surface area contributed by atoms with Gasteiger partial charge in [-0.15, -0.1) is 0 Å². The number of nitrogens with two attached hydrogens (primary N) is 1. The molecule has 3 heterocycles. The fourth-order valence-corrected chi connectivity index (χ4v) is 4.56. The maximum Gasteiger partial charge on any atom is 0.348 e. The number of imidazole rings is 1. The lowest BCUT2D eigenvalue weighted by Gasteiger charge is -2.28. The van der Waals surface area contributed by atoms with Crippen molar-refractivity contribution >= 4 is 46.5 Å². The molecule has 5 atom stereocenters. The van der Waals surface area contributed by atoms with E-state index >= 15 is 4.39 Å². The number of carboxylic acid groups (broad SMARTS) is 3. The number of rotatable bonds is 8. The van der Waals surface area contributed by atoms with E-state index in [4.69, 9.17) is 31.9 Å². The highest BCUT2D eigenvalue weighted by Crippen LogP contribution is 2.58. The van der Waals surface area contributed by atoms with Gasteiger partial charge >= 0.3 is 17.9 Å². The van der Waals surface area contributed by atoms with Gasteiger partial charge in [-0.3, -0.25) is 4.57 Å². The molecule has 3 aromatic rings. The van der Waals surface area contributed by atoms with Gasteiger partial charge in [-0.2, -0.15) is 9.97 Å². The summed E-state index contributed by atoms with van der Waals surface area (Å²) >= 11 is 5.82. The zero-order chi connectivity index (χ0) is 26.9. The van der Waals surface area contributed by atoms with Crippen molar-refractivity contribution in [3.05, 3.63) is 47.0 Å². The second-order valence-corrected chi connectivity index (χ2v) is 8.93. The minimum absolute atomic E-state index is 0.0164. The van der Waals surface area contributed by atoms with Gasteiger partial charge in [-0.25, -0.2) is 23.8 Å². The number of nitrogens with zero attached hydrogens (tertiary/aromatic N) is 4. The molecule has 16 heteroatoms. The van der Waals surface area contributed by atoms with Crippen LogP contribution in [0.2, 0.25) is 5.28 Å². The first-order valence-electron chi connectivity index (χ1n) is 10.5. The summed E-state index contributed by atoms with van der Waals surface area (Å²) in [6.07, 6.45) is -6.39. The number of aliphatic hydroxyl groups is 1. The van der Waals surface area contributed by atoms with Crippen LogP contribution in [0.5, 0.6) is 0 Å². The second-order valence-electron chi connectivity index (χ2n) is 8.59. The summed E-state index contributed by atoms with van der Waals surface area (Å²) in [6.45, 7) is 0. The van der Waals surface area contributed by atoms with Crippen molar-refractivity contribution in [2.75, 3.05) is 5.73 Å². The third kappa shape index (κ3) is 3.66. The summed E-state index contributed by atoms with van der Waals surface area (Å²) in [5.41, 5.74) is 0.550. The topological polar surface area (TPSA) is 220 Å². The molecule has 0 radical (unpaired) electrons. The van der Waals surface area contributed by atoms with Gasteiger partial charge in [0, 0.05) is 6.42 Å². The molecule has 2 aromatic heterocycles. The van der Waals surface area contributed by atoms with Crippen molar-refractivity contribution in [2.24, 2.45) is 0 Å². The number of alkyl halides is 1. The number of hydrogen-bond acceptors (Lipinski definition) is 10. The normalized spacial score (nSPS) is 26.7. The summed E-state index contributed by atoms with van der Waals surface area (Å²) in [5, 5.41) is 39.3. The summed E-state index contributed by atoms with van der Waals surface area (Å²) < 4.78 is 27.6. The molecule has 1 saturated heterocycles. The molecule has 1 aliphatic heterocycles. The number of carboxylic acids is 3. The van der Waals surface area contributed by atoms with Crippen molar-refractivity contribution in [1.29, 1.82) is 0 Å². The van der Waals surface area contributed by atoms with Crippen molar-refractivity contribution in [3.8, 4) is 0 Å². The number of ether oxygens (including phenoxy) is 2. The molecule has 1 aromatic carbocycles. The molecule has 0 bridgehead atoms. The summed E-state index contributed by atoms with van der Waals surface area (Å²) in [7, 11) is 0. The molecular formula is C21H17ClFN5O9. The van der Waals surface area contributed by atoms with Crippen LogP contribution in [0.25, 0.3) is 11.2 Å². The van der Waals surface area contributed by atoms with Crippen molar-refractivity contribution < 1.29 is 48.7 Å². The van der Waals surface area contributed by atoms with Crippen molar-refractivity contribution in [2.45, 2.75) is 42.2 Å². The Kier molecular flexibility index (Phi) is 5.56. The zero-order valence-corrected chi connectivity index (χ0v) is 19.1. The Morgan fingerprint density at radius 2 is 1.84 bits per heavy atom. The van der Waals surface area contributed by atoms with Crippen LogP contribution >= 0.6 is 11.6 Å². The fourth-order valence-electron chi connectivity index (χ4n) is 4.39. The van der Waals surface area contributed by atoms with Crippen LogP contribution in [0.15, 0.2) is 30.6 Å². The highest BCUT2D eigenvalue weighted by Gasteiger charge is 2.80. The Morgan fingerprint density at radius 3 is 2.38 bits per heavy atom. The molecule has 2 fully saturated rings. The maximum atomic E-state index is 15.5. The van der Waals surface area contributed by atoms with Crippen LogP contribution in [0.4, 0.5) is 10.2 Å². The van der Waals surface area contributed by atoms with E-state index in [1.165, 1.54) is 12.1 Å². The molecule has 1 saturated carbocycles. The monoisotopic (exact) mass is 537 g/mol. The van der Waals surface area contributed by atoms with E-state index in [0.29, 0.717) is 0 Å². The lowest BCUT2D eigenvalue weighted by Crippen LogP contribution is -2.53. The average molecular weight is 538 g/mol. The second kappa shape index (κ2) is 8.31. The first kappa shape index (κ1) is 24.8. The number of benzene rings is 1. The number of hydrogen-bond donors (Lipinski definition) is 5. The van der Waals surface area contributed by atoms with E-state index in [2.05, 4.69) is 15.0 Å². The van der Waals surface area contributed by atoms with Crippen molar-refractivity contribution in [1.82, 2.24) is 19.5 Å². The molecule has 5 rings (SSSR count). The zero-order valence-electron chi connectivity index (χ0n) is 18.4. The highest BCUT2D eigenvalue weighted by molar-refractivity contribution is 6.28. The lowest BCUT2D eigenvalue weighted by atomic mass is 9.93. The predicted molar refractivity (Wildman–Crippen MR) is 118 cm³/mol. The Hall–Kier alpha value is -3.92. The van der Waals surface area contributed by atoms with Gasteiger partial charge in [0.05, 0.1) is 11.9 Å². The standard InChI is InChI=1S/C21H17ClFN5O9/c22-19-26-13(24)9-14(27-19)28(6-25-9)15-10(23)21(35)11(36-15)12(21)37-20(17(31)32,18(33)34)5-7-1-3-8(4-2-7)16(29)30/h1-4,6,10-12,15,35H,5H2,(H,29,30)(H,31,32)(H,33,34)(H2,24,26,27)/t10-,11-,12+,15-,21+/m1/s1. The Bertz CT molecular complexity index is 1440. The minimum Gasteiger partial charge on any atom is -0.479 e. The molecular weight excluding hydrogens is 521 g/mol. The van der Waals surface area contributed by atoms with E-state index in [9.17, 15) is 29.7 Å². The van der Waals surface area contributed by atoms with E-state index in [0.717, 1.165) is 23.0 Å². The molecule has 1 aliphatic carbocycles. The lowest BCUT2D eigenvalue weighted by molar-refractivity contribution is -0.194. The number of aromatic nitrogens is 4. The Morgan fingerprint density at radius 1 is 1.19 bits per heavy atom. The third-order valence-electron chi connectivity index (χ3n) is 6.42. The SMILES string of the molecule is Nc1nc(Cl)nc2c1ncn2[C@@H]1O[C@@H]2[C@H](OC(Cc3ccc(C(=O)O)cc3)(C(=O)O)C(=O)O)[C@]2(O)[C@@H]1F. The van der Waals surface area contributed by atoms with E-state index < -0.39 is 60.1 Å². The number of aliphatic carboxylic acids is 2. The van der Waals surface area contributed by atoms with Crippen LogP contribution in [0.1, 0.15) is 22.1 Å². The Balaban J connectivity index is 1.40. The first-order valence-corrected chi connectivity index (χ1v) is 10.9. The minimum atomic E-state index is -2.94. The molecule has 0 amide bonds. The third-order valence-corrected chi connectivity index (χ3v) is 6.59. The molecule has 14 nitrogen and oxygen atoms in total.